The van der Waals surface area contributed by atoms with Gasteiger partial charge in [-0.3, -0.25) is 4.79 Å². The summed E-state index contributed by atoms with van der Waals surface area (Å²) < 4.78 is 13.9. The van der Waals surface area contributed by atoms with E-state index in [9.17, 15) is 9.18 Å². The summed E-state index contributed by atoms with van der Waals surface area (Å²) in [5.74, 6) is -0.904. The highest BCUT2D eigenvalue weighted by atomic mass is 19.1. The van der Waals surface area contributed by atoms with Crippen LogP contribution >= 0.6 is 0 Å². The van der Waals surface area contributed by atoms with Crippen molar-refractivity contribution < 1.29 is 9.18 Å². The molecule has 0 fully saturated rings. The van der Waals surface area contributed by atoms with Gasteiger partial charge in [0.1, 0.15) is 5.82 Å². The fraction of sp³-hybridized carbons (Fsp3) is 0.235. The van der Waals surface area contributed by atoms with E-state index in [1.807, 2.05) is 51.1 Å². The first kappa shape index (κ1) is 14.3. The SMILES string of the molecule is CC(C)(C)NC(=O)c1cc(-c2ccccc2)ccc1F. The second-order valence-electron chi connectivity index (χ2n) is 5.76. The van der Waals surface area contributed by atoms with Crippen LogP contribution in [0, 0.1) is 5.82 Å². The molecule has 0 saturated heterocycles. The summed E-state index contributed by atoms with van der Waals surface area (Å²) >= 11 is 0. The van der Waals surface area contributed by atoms with E-state index in [2.05, 4.69) is 5.32 Å². The average molecular weight is 271 g/mol. The summed E-state index contributed by atoms with van der Waals surface area (Å²) in [7, 11) is 0. The Labute approximate surface area is 118 Å². The summed E-state index contributed by atoms with van der Waals surface area (Å²) in [6.07, 6.45) is 0. The van der Waals surface area contributed by atoms with Gasteiger partial charge in [0.25, 0.3) is 5.91 Å². The number of amides is 1. The monoisotopic (exact) mass is 271 g/mol. The Morgan fingerprint density at radius 2 is 1.65 bits per heavy atom. The molecule has 0 heterocycles. The lowest BCUT2D eigenvalue weighted by Gasteiger charge is -2.20. The lowest BCUT2D eigenvalue weighted by Crippen LogP contribution is -2.40. The van der Waals surface area contributed by atoms with Crippen molar-refractivity contribution in [1.29, 1.82) is 0 Å². The van der Waals surface area contributed by atoms with Gasteiger partial charge in [0, 0.05) is 5.54 Å². The van der Waals surface area contributed by atoms with Crippen molar-refractivity contribution >= 4 is 5.91 Å². The molecule has 0 saturated carbocycles. The van der Waals surface area contributed by atoms with Gasteiger partial charge in [0.2, 0.25) is 0 Å². The number of halogens is 1. The number of rotatable bonds is 2. The zero-order valence-electron chi connectivity index (χ0n) is 11.9. The molecule has 0 radical (unpaired) electrons. The van der Waals surface area contributed by atoms with Crippen molar-refractivity contribution in [3.63, 3.8) is 0 Å². The minimum absolute atomic E-state index is 0.0706. The Bertz CT molecular complexity index is 615. The van der Waals surface area contributed by atoms with Crippen LogP contribution in [0.5, 0.6) is 0 Å². The first-order valence-electron chi connectivity index (χ1n) is 6.54. The van der Waals surface area contributed by atoms with Gasteiger partial charge in [-0.25, -0.2) is 4.39 Å². The summed E-state index contributed by atoms with van der Waals surface area (Å²) in [6.45, 7) is 5.59. The van der Waals surface area contributed by atoms with Gasteiger partial charge in [-0.15, -0.1) is 0 Å². The highest BCUT2D eigenvalue weighted by Crippen LogP contribution is 2.22. The standard InChI is InChI=1S/C17H18FNO/c1-17(2,3)19-16(20)14-11-13(9-10-15(14)18)12-7-5-4-6-8-12/h4-11H,1-3H3,(H,19,20). The molecule has 0 unspecified atom stereocenters. The third kappa shape index (κ3) is 3.44. The van der Waals surface area contributed by atoms with Gasteiger partial charge < -0.3 is 5.32 Å². The highest BCUT2D eigenvalue weighted by molar-refractivity contribution is 5.96. The van der Waals surface area contributed by atoms with E-state index in [-0.39, 0.29) is 5.56 Å². The van der Waals surface area contributed by atoms with Crippen LogP contribution < -0.4 is 5.32 Å². The van der Waals surface area contributed by atoms with E-state index in [0.29, 0.717) is 0 Å². The van der Waals surface area contributed by atoms with Crippen LogP contribution in [-0.4, -0.2) is 11.4 Å². The van der Waals surface area contributed by atoms with Crippen LogP contribution in [0.25, 0.3) is 11.1 Å². The maximum Gasteiger partial charge on any atom is 0.254 e. The highest BCUT2D eigenvalue weighted by Gasteiger charge is 2.18. The van der Waals surface area contributed by atoms with Gasteiger partial charge in [0.15, 0.2) is 0 Å². The molecule has 2 aromatic carbocycles. The minimum atomic E-state index is -0.508. The number of hydrogen-bond donors (Lipinski definition) is 1. The van der Waals surface area contributed by atoms with Crippen LogP contribution in [0.1, 0.15) is 31.1 Å². The molecule has 0 aliphatic carbocycles. The second-order valence-corrected chi connectivity index (χ2v) is 5.76. The van der Waals surface area contributed by atoms with Crippen LogP contribution in [0.4, 0.5) is 4.39 Å². The molecular formula is C17H18FNO. The molecule has 0 atom stereocenters. The molecule has 2 rings (SSSR count). The molecule has 1 amide bonds. The van der Waals surface area contributed by atoms with Gasteiger partial charge in [-0.2, -0.15) is 0 Å². The molecule has 20 heavy (non-hydrogen) atoms. The predicted octanol–water partition coefficient (Wildman–Crippen LogP) is 4.02. The number of nitrogens with one attached hydrogen (secondary N) is 1. The summed E-state index contributed by atoms with van der Waals surface area (Å²) in [5, 5.41) is 2.78. The third-order valence-electron chi connectivity index (χ3n) is 2.81. The number of carbonyl (C=O) groups excluding carboxylic acids is 1. The van der Waals surface area contributed by atoms with Gasteiger partial charge in [-0.1, -0.05) is 36.4 Å². The van der Waals surface area contributed by atoms with Crippen LogP contribution in [0.15, 0.2) is 48.5 Å². The maximum absolute atomic E-state index is 13.9. The molecule has 2 aromatic rings. The van der Waals surface area contributed by atoms with Crippen molar-refractivity contribution in [3.05, 3.63) is 59.9 Å². The molecule has 0 bridgehead atoms. The zero-order valence-corrected chi connectivity index (χ0v) is 11.9. The Hall–Kier alpha value is -2.16. The Kier molecular flexibility index (Phi) is 3.89. The zero-order chi connectivity index (χ0) is 14.8. The van der Waals surface area contributed by atoms with Crippen molar-refractivity contribution in [3.8, 4) is 11.1 Å². The van der Waals surface area contributed by atoms with Crippen molar-refractivity contribution in [2.45, 2.75) is 26.3 Å². The topological polar surface area (TPSA) is 29.1 Å². The molecule has 3 heteroatoms. The number of hydrogen-bond acceptors (Lipinski definition) is 1. The summed E-state index contributed by atoms with van der Waals surface area (Å²) in [5.41, 5.74) is 1.45. The van der Waals surface area contributed by atoms with Crippen LogP contribution in [-0.2, 0) is 0 Å². The Morgan fingerprint density at radius 3 is 2.25 bits per heavy atom. The normalized spacial score (nSPS) is 11.2. The van der Waals surface area contributed by atoms with Gasteiger partial charge in [0.05, 0.1) is 5.56 Å². The first-order valence-corrected chi connectivity index (χ1v) is 6.54. The van der Waals surface area contributed by atoms with E-state index in [4.69, 9.17) is 0 Å². The fourth-order valence-electron chi connectivity index (χ4n) is 1.92. The summed E-state index contributed by atoms with van der Waals surface area (Å²) in [4.78, 5) is 12.1. The lowest BCUT2D eigenvalue weighted by atomic mass is 10.0. The Morgan fingerprint density at radius 1 is 1.00 bits per heavy atom. The molecule has 2 nitrogen and oxygen atoms in total. The lowest BCUT2D eigenvalue weighted by molar-refractivity contribution is 0.0915. The van der Waals surface area contributed by atoms with E-state index in [1.54, 1.807) is 12.1 Å². The van der Waals surface area contributed by atoms with Crippen LogP contribution in [0.2, 0.25) is 0 Å². The molecule has 0 spiro atoms. The van der Waals surface area contributed by atoms with Crippen molar-refractivity contribution in [2.75, 3.05) is 0 Å². The summed E-state index contributed by atoms with van der Waals surface area (Å²) in [6, 6.07) is 14.2. The number of carbonyl (C=O) groups is 1. The van der Waals surface area contributed by atoms with E-state index < -0.39 is 17.3 Å². The van der Waals surface area contributed by atoms with Crippen molar-refractivity contribution in [2.24, 2.45) is 0 Å². The maximum atomic E-state index is 13.9. The van der Waals surface area contributed by atoms with Crippen molar-refractivity contribution in [1.82, 2.24) is 5.32 Å². The largest absolute Gasteiger partial charge is 0.347 e. The molecule has 104 valence electrons. The minimum Gasteiger partial charge on any atom is -0.347 e. The van der Waals surface area contributed by atoms with E-state index >= 15 is 0 Å². The van der Waals surface area contributed by atoms with Crippen LogP contribution in [0.3, 0.4) is 0 Å². The molecular weight excluding hydrogens is 253 g/mol. The molecule has 1 N–H and O–H groups in total. The molecule has 0 aliphatic rings. The second kappa shape index (κ2) is 5.45. The quantitative estimate of drug-likeness (QED) is 0.878. The first-order chi connectivity index (χ1) is 9.37. The Balaban J connectivity index is 2.37. The number of benzene rings is 2. The van der Waals surface area contributed by atoms with Gasteiger partial charge >= 0.3 is 0 Å². The predicted molar refractivity (Wildman–Crippen MR) is 79.1 cm³/mol. The average Bonchev–Trinajstić information content (AvgIpc) is 2.38. The molecule has 0 aliphatic heterocycles. The fourth-order valence-corrected chi connectivity index (χ4v) is 1.92. The smallest absolute Gasteiger partial charge is 0.254 e. The van der Waals surface area contributed by atoms with Gasteiger partial charge in [-0.05, 0) is 44.0 Å². The third-order valence-corrected chi connectivity index (χ3v) is 2.81. The van der Waals surface area contributed by atoms with E-state index in [0.717, 1.165) is 11.1 Å². The molecule has 0 aromatic heterocycles. The van der Waals surface area contributed by atoms with E-state index in [1.165, 1.54) is 6.07 Å².